The summed E-state index contributed by atoms with van der Waals surface area (Å²) in [6.45, 7) is 3.36. The molecule has 1 N–H and O–H groups in total. The highest BCUT2D eigenvalue weighted by molar-refractivity contribution is 6.31. The van der Waals surface area contributed by atoms with Gasteiger partial charge in [-0.3, -0.25) is 0 Å². The molecule has 0 spiro atoms. The molecule has 11 heteroatoms. The van der Waals surface area contributed by atoms with Crippen LogP contribution in [0.1, 0.15) is 30.0 Å². The van der Waals surface area contributed by atoms with Crippen molar-refractivity contribution in [2.24, 2.45) is 7.05 Å². The third kappa shape index (κ3) is 3.69. The summed E-state index contributed by atoms with van der Waals surface area (Å²) in [7, 11) is 1.26. The number of alkyl halides is 5. The van der Waals surface area contributed by atoms with Crippen molar-refractivity contribution in [2.45, 2.75) is 30.9 Å². The Morgan fingerprint density at radius 2 is 1.90 bits per heavy atom. The van der Waals surface area contributed by atoms with E-state index in [9.17, 15) is 22.0 Å². The molecule has 164 valence electrons. The lowest BCUT2D eigenvalue weighted by molar-refractivity contribution is -0.290. The molecule has 1 saturated carbocycles. The standard InChI is InChI=1S/C20H17ClF5N5/c1-3-27-16-17(19(22,23)20(24,25)26)29-30(2)18(16)31-10-13(9-28-31)12-6-7-15(21)14(8-12)11-4-5-11/h3,6-11,27H,1,4-5H2,2H3. The summed E-state index contributed by atoms with van der Waals surface area (Å²) in [6, 6.07) is 5.51. The lowest BCUT2D eigenvalue weighted by Gasteiger charge is -2.18. The number of rotatable bonds is 6. The summed E-state index contributed by atoms with van der Waals surface area (Å²) >= 11 is 6.27. The normalized spacial score (nSPS) is 14.7. The second-order valence-corrected chi connectivity index (χ2v) is 7.68. The van der Waals surface area contributed by atoms with Gasteiger partial charge in [0.05, 0.1) is 6.20 Å². The highest BCUT2D eigenvalue weighted by Crippen LogP contribution is 2.47. The van der Waals surface area contributed by atoms with Gasteiger partial charge in [-0.1, -0.05) is 24.2 Å². The summed E-state index contributed by atoms with van der Waals surface area (Å²) < 4.78 is 69.1. The third-order valence-corrected chi connectivity index (χ3v) is 5.41. The van der Waals surface area contributed by atoms with Crippen LogP contribution < -0.4 is 5.32 Å². The van der Waals surface area contributed by atoms with E-state index in [2.05, 4.69) is 22.1 Å². The molecule has 1 aliphatic rings. The number of aromatic nitrogens is 4. The summed E-state index contributed by atoms with van der Waals surface area (Å²) in [6.07, 6.45) is 0.331. The average molecular weight is 458 g/mol. The topological polar surface area (TPSA) is 47.7 Å². The molecule has 0 bridgehead atoms. The molecule has 0 atom stereocenters. The van der Waals surface area contributed by atoms with Crippen LogP contribution in [0, 0.1) is 0 Å². The molecule has 2 aromatic heterocycles. The maximum atomic E-state index is 14.1. The van der Waals surface area contributed by atoms with Crippen LogP contribution in [0.3, 0.4) is 0 Å². The number of hydrogen-bond acceptors (Lipinski definition) is 3. The number of nitrogens with one attached hydrogen (secondary N) is 1. The minimum Gasteiger partial charge on any atom is -0.357 e. The Morgan fingerprint density at radius 1 is 1.19 bits per heavy atom. The first-order valence-corrected chi connectivity index (χ1v) is 9.66. The predicted molar refractivity (Wildman–Crippen MR) is 107 cm³/mol. The number of halogens is 6. The summed E-state index contributed by atoms with van der Waals surface area (Å²) in [5.74, 6) is -4.85. The van der Waals surface area contributed by atoms with Gasteiger partial charge in [0.25, 0.3) is 0 Å². The van der Waals surface area contributed by atoms with Crippen LogP contribution in [0.15, 0.2) is 43.4 Å². The third-order valence-electron chi connectivity index (χ3n) is 5.06. The molecule has 31 heavy (non-hydrogen) atoms. The van der Waals surface area contributed by atoms with E-state index in [1.807, 2.05) is 6.07 Å². The molecule has 2 heterocycles. The van der Waals surface area contributed by atoms with Crippen LogP contribution in [-0.2, 0) is 13.0 Å². The van der Waals surface area contributed by atoms with E-state index >= 15 is 0 Å². The Labute approximate surface area is 179 Å². The second-order valence-electron chi connectivity index (χ2n) is 7.28. The number of benzene rings is 1. The molecule has 0 radical (unpaired) electrons. The SMILES string of the molecule is C=CNc1c(C(F)(F)C(F)(F)F)nn(C)c1-n1cc(-c2ccc(Cl)c(C3CC3)c2)cn1. The van der Waals surface area contributed by atoms with E-state index in [1.54, 1.807) is 12.1 Å². The zero-order chi connectivity index (χ0) is 22.6. The Kier molecular flexibility index (Phi) is 5.07. The van der Waals surface area contributed by atoms with Gasteiger partial charge in [-0.05, 0) is 48.2 Å². The summed E-state index contributed by atoms with van der Waals surface area (Å²) in [5, 5.41) is 10.6. The van der Waals surface area contributed by atoms with Crippen molar-refractivity contribution >= 4 is 17.3 Å². The molecule has 0 unspecified atom stereocenters. The molecule has 1 aromatic carbocycles. The lowest BCUT2D eigenvalue weighted by Crippen LogP contribution is -2.34. The highest BCUT2D eigenvalue weighted by Gasteiger charge is 2.62. The van der Waals surface area contributed by atoms with Gasteiger partial charge in [-0.25, -0.2) is 9.36 Å². The van der Waals surface area contributed by atoms with Crippen molar-refractivity contribution in [3.8, 4) is 16.9 Å². The molecule has 4 rings (SSSR count). The van der Waals surface area contributed by atoms with Crippen LogP contribution in [0.25, 0.3) is 16.9 Å². The molecule has 1 aliphatic carbocycles. The molecule has 1 fully saturated rings. The van der Waals surface area contributed by atoms with E-state index in [4.69, 9.17) is 11.6 Å². The Balaban J connectivity index is 1.79. The second kappa shape index (κ2) is 7.37. The van der Waals surface area contributed by atoms with E-state index in [0.717, 1.165) is 34.9 Å². The van der Waals surface area contributed by atoms with Gasteiger partial charge < -0.3 is 5.32 Å². The fraction of sp³-hybridized carbons (Fsp3) is 0.300. The highest BCUT2D eigenvalue weighted by atomic mass is 35.5. The van der Waals surface area contributed by atoms with Gasteiger partial charge in [0.2, 0.25) is 0 Å². The fourth-order valence-electron chi connectivity index (χ4n) is 3.39. The van der Waals surface area contributed by atoms with Gasteiger partial charge >= 0.3 is 12.1 Å². The molecule has 0 saturated heterocycles. The van der Waals surface area contributed by atoms with E-state index in [1.165, 1.54) is 24.1 Å². The zero-order valence-corrected chi connectivity index (χ0v) is 17.0. The number of nitrogens with zero attached hydrogens (tertiary/aromatic N) is 4. The largest absolute Gasteiger partial charge is 0.459 e. The maximum Gasteiger partial charge on any atom is 0.459 e. The van der Waals surface area contributed by atoms with Crippen LogP contribution in [-0.4, -0.2) is 25.7 Å². The molecule has 3 aromatic rings. The van der Waals surface area contributed by atoms with Crippen molar-refractivity contribution in [3.63, 3.8) is 0 Å². The summed E-state index contributed by atoms with van der Waals surface area (Å²) in [4.78, 5) is 0. The van der Waals surface area contributed by atoms with Crippen LogP contribution >= 0.6 is 11.6 Å². The van der Waals surface area contributed by atoms with E-state index in [0.29, 0.717) is 16.5 Å². The van der Waals surface area contributed by atoms with E-state index < -0.39 is 23.5 Å². The van der Waals surface area contributed by atoms with Crippen molar-refractivity contribution < 1.29 is 22.0 Å². The van der Waals surface area contributed by atoms with Crippen molar-refractivity contribution in [3.05, 3.63) is 59.7 Å². The van der Waals surface area contributed by atoms with Crippen LogP contribution in [0.2, 0.25) is 5.02 Å². The number of hydrogen-bond donors (Lipinski definition) is 1. The minimum absolute atomic E-state index is 0.0959. The quantitative estimate of drug-likeness (QED) is 0.461. The van der Waals surface area contributed by atoms with Crippen LogP contribution in [0.4, 0.5) is 27.6 Å². The number of anilines is 1. The molecular weight excluding hydrogens is 441 g/mol. The first-order chi connectivity index (χ1) is 14.5. The number of aryl methyl sites for hydroxylation is 1. The van der Waals surface area contributed by atoms with Crippen molar-refractivity contribution in [1.82, 2.24) is 19.6 Å². The van der Waals surface area contributed by atoms with Gasteiger partial charge in [0.15, 0.2) is 11.5 Å². The smallest absolute Gasteiger partial charge is 0.357 e. The molecular formula is C20H17ClF5N5. The average Bonchev–Trinajstić information content (AvgIpc) is 3.33. The monoisotopic (exact) mass is 457 g/mol. The minimum atomic E-state index is -5.81. The first-order valence-electron chi connectivity index (χ1n) is 9.29. The van der Waals surface area contributed by atoms with Gasteiger partial charge in [-0.15, -0.1) is 0 Å². The van der Waals surface area contributed by atoms with Gasteiger partial charge in [0, 0.05) is 23.8 Å². The maximum absolute atomic E-state index is 14.1. The zero-order valence-electron chi connectivity index (χ0n) is 16.2. The Bertz CT molecular complexity index is 1140. The lowest BCUT2D eigenvalue weighted by atomic mass is 10.0. The van der Waals surface area contributed by atoms with Crippen molar-refractivity contribution in [1.29, 1.82) is 0 Å². The fourth-order valence-corrected chi connectivity index (χ4v) is 3.66. The van der Waals surface area contributed by atoms with E-state index in [-0.39, 0.29) is 5.82 Å². The molecule has 5 nitrogen and oxygen atoms in total. The first kappa shape index (κ1) is 21.4. The Morgan fingerprint density at radius 3 is 2.52 bits per heavy atom. The Hall–Kier alpha value is -2.88. The molecule has 0 amide bonds. The molecule has 0 aliphatic heterocycles. The predicted octanol–water partition coefficient (Wildman–Crippen LogP) is 6.01. The van der Waals surface area contributed by atoms with Crippen LogP contribution in [0.5, 0.6) is 0 Å². The van der Waals surface area contributed by atoms with Crippen molar-refractivity contribution in [2.75, 3.05) is 5.32 Å². The van der Waals surface area contributed by atoms with Gasteiger partial charge in [0.1, 0.15) is 5.69 Å². The summed E-state index contributed by atoms with van der Waals surface area (Å²) in [5.41, 5.74) is 0.474. The van der Waals surface area contributed by atoms with Gasteiger partial charge in [-0.2, -0.15) is 32.1 Å².